The first-order valence-electron chi connectivity index (χ1n) is 8.53. The molecule has 1 aliphatic rings. The van der Waals surface area contributed by atoms with Crippen LogP contribution in [0.25, 0.3) is 22.2 Å². The van der Waals surface area contributed by atoms with Crippen molar-refractivity contribution in [2.24, 2.45) is 5.73 Å². The number of fused-ring (bicyclic) bond motifs is 2. The normalized spacial score (nSPS) is 15.0. The van der Waals surface area contributed by atoms with E-state index in [1.807, 2.05) is 24.3 Å². The Bertz CT molecular complexity index is 1270. The number of para-hydroxylation sites is 1. The molecule has 4 aromatic rings. The average molecular weight is 394 g/mol. The number of primary amides is 1. The summed E-state index contributed by atoms with van der Waals surface area (Å²) >= 11 is 5.86. The zero-order valence-corrected chi connectivity index (χ0v) is 15.1. The van der Waals surface area contributed by atoms with E-state index in [1.165, 1.54) is 12.1 Å². The average Bonchev–Trinajstić information content (AvgIpc) is 3.05. The third kappa shape index (κ3) is 2.36. The van der Waals surface area contributed by atoms with Crippen molar-refractivity contribution in [3.05, 3.63) is 76.3 Å². The van der Waals surface area contributed by atoms with Crippen LogP contribution in [0, 0.1) is 5.82 Å². The Labute approximate surface area is 163 Å². The van der Waals surface area contributed by atoms with Crippen LogP contribution in [0.1, 0.15) is 27.7 Å². The van der Waals surface area contributed by atoms with Crippen LogP contribution >= 0.6 is 11.6 Å². The summed E-state index contributed by atoms with van der Waals surface area (Å²) in [7, 11) is 0. The van der Waals surface area contributed by atoms with Gasteiger partial charge in [0.1, 0.15) is 5.82 Å². The number of hydrogen-bond acceptors (Lipinski definition) is 4. The predicted molar refractivity (Wildman–Crippen MR) is 105 cm³/mol. The molecule has 5 rings (SSSR count). The van der Waals surface area contributed by atoms with Gasteiger partial charge >= 0.3 is 0 Å². The van der Waals surface area contributed by atoms with E-state index in [0.29, 0.717) is 16.8 Å². The molecule has 1 unspecified atom stereocenters. The van der Waals surface area contributed by atoms with Crippen LogP contribution in [0.5, 0.6) is 0 Å². The van der Waals surface area contributed by atoms with Gasteiger partial charge in [-0.25, -0.2) is 4.39 Å². The number of nitrogens with two attached hydrogens (primary N) is 1. The van der Waals surface area contributed by atoms with Gasteiger partial charge in [0.05, 0.1) is 11.1 Å². The Kier molecular flexibility index (Phi) is 3.60. The van der Waals surface area contributed by atoms with Gasteiger partial charge in [-0.15, -0.1) is 10.2 Å². The molecule has 0 radical (unpaired) electrons. The van der Waals surface area contributed by atoms with Gasteiger partial charge in [-0.1, -0.05) is 35.9 Å². The minimum absolute atomic E-state index is 0.0549. The molecule has 0 fully saturated rings. The molecule has 0 saturated heterocycles. The second-order valence-electron chi connectivity index (χ2n) is 6.55. The number of amides is 1. The van der Waals surface area contributed by atoms with E-state index in [9.17, 15) is 9.18 Å². The highest BCUT2D eigenvalue weighted by Gasteiger charge is 2.30. The number of H-pyrrole nitrogens is 1. The summed E-state index contributed by atoms with van der Waals surface area (Å²) in [6.45, 7) is 0. The maximum Gasteiger partial charge on any atom is 0.269 e. The molecule has 4 N–H and O–H groups in total. The van der Waals surface area contributed by atoms with E-state index in [0.717, 1.165) is 22.2 Å². The Morgan fingerprint density at radius 1 is 1.18 bits per heavy atom. The molecule has 0 saturated carbocycles. The number of carbonyl (C=O) groups is 1. The van der Waals surface area contributed by atoms with Gasteiger partial charge in [0.25, 0.3) is 5.91 Å². The first-order valence-corrected chi connectivity index (χ1v) is 8.90. The van der Waals surface area contributed by atoms with Crippen molar-refractivity contribution < 1.29 is 9.18 Å². The molecule has 1 aliphatic heterocycles. The lowest BCUT2D eigenvalue weighted by atomic mass is 9.95. The zero-order valence-electron chi connectivity index (χ0n) is 14.3. The molecule has 2 aromatic heterocycles. The SMILES string of the molecule is NC(=O)c1nnc2[nH]cc3c2c1-c1ccccc1NC3c1ccc(Cl)c(F)c1. The van der Waals surface area contributed by atoms with Crippen LogP contribution in [0.3, 0.4) is 0 Å². The maximum atomic E-state index is 14.2. The first-order chi connectivity index (χ1) is 13.5. The number of nitrogens with zero attached hydrogens (tertiary/aromatic N) is 2. The fourth-order valence-corrected chi connectivity index (χ4v) is 3.83. The van der Waals surface area contributed by atoms with Crippen LogP contribution in [0.15, 0.2) is 48.7 Å². The number of carbonyl (C=O) groups excluding carboxylic acids is 1. The van der Waals surface area contributed by atoms with Crippen LogP contribution in [0.2, 0.25) is 5.02 Å². The van der Waals surface area contributed by atoms with Crippen molar-refractivity contribution in [2.75, 3.05) is 5.32 Å². The molecule has 2 aromatic carbocycles. The third-order valence-corrected chi connectivity index (χ3v) is 5.25. The summed E-state index contributed by atoms with van der Waals surface area (Å²) in [6.07, 6.45) is 1.78. The maximum absolute atomic E-state index is 14.2. The van der Waals surface area contributed by atoms with Gasteiger partial charge in [0.15, 0.2) is 11.3 Å². The number of rotatable bonds is 2. The predicted octanol–water partition coefficient (Wildman–Crippen LogP) is 4.03. The van der Waals surface area contributed by atoms with Crippen LogP contribution in [-0.2, 0) is 0 Å². The number of nitrogens with one attached hydrogen (secondary N) is 2. The molecule has 6 nitrogen and oxygen atoms in total. The van der Waals surface area contributed by atoms with E-state index < -0.39 is 17.8 Å². The summed E-state index contributed by atoms with van der Waals surface area (Å²) in [5.74, 6) is -1.17. The molecule has 138 valence electrons. The molecule has 3 heterocycles. The summed E-state index contributed by atoms with van der Waals surface area (Å²) in [4.78, 5) is 15.1. The molecule has 28 heavy (non-hydrogen) atoms. The van der Waals surface area contributed by atoms with Crippen molar-refractivity contribution in [1.82, 2.24) is 15.2 Å². The second-order valence-corrected chi connectivity index (χ2v) is 6.96. The summed E-state index contributed by atoms with van der Waals surface area (Å²) in [6, 6.07) is 11.8. The fourth-order valence-electron chi connectivity index (χ4n) is 3.71. The minimum Gasteiger partial charge on any atom is -0.374 e. The highest BCUT2D eigenvalue weighted by Crippen LogP contribution is 2.44. The molecule has 8 heteroatoms. The van der Waals surface area contributed by atoms with E-state index in [1.54, 1.807) is 12.3 Å². The molecule has 1 amide bonds. The van der Waals surface area contributed by atoms with Crippen molar-refractivity contribution in [2.45, 2.75) is 6.04 Å². The number of anilines is 1. The smallest absolute Gasteiger partial charge is 0.269 e. The van der Waals surface area contributed by atoms with Crippen molar-refractivity contribution in [1.29, 1.82) is 0 Å². The highest BCUT2D eigenvalue weighted by atomic mass is 35.5. The van der Waals surface area contributed by atoms with Gasteiger partial charge in [0.2, 0.25) is 0 Å². The quantitative estimate of drug-likeness (QED) is 0.479. The highest BCUT2D eigenvalue weighted by molar-refractivity contribution is 6.30. The molecule has 0 bridgehead atoms. The van der Waals surface area contributed by atoms with Crippen molar-refractivity contribution in [3.8, 4) is 11.1 Å². The largest absolute Gasteiger partial charge is 0.374 e. The fraction of sp³-hybridized carbons (Fsp3) is 0.0500. The van der Waals surface area contributed by atoms with E-state index in [-0.39, 0.29) is 10.7 Å². The number of benzene rings is 2. The number of hydrogen-bond donors (Lipinski definition) is 3. The van der Waals surface area contributed by atoms with Gasteiger partial charge in [0, 0.05) is 34.0 Å². The zero-order chi connectivity index (χ0) is 19.4. The van der Waals surface area contributed by atoms with E-state index in [2.05, 4.69) is 20.5 Å². The first kappa shape index (κ1) is 16.7. The molecule has 1 atom stereocenters. The Morgan fingerprint density at radius 2 is 2.00 bits per heavy atom. The Morgan fingerprint density at radius 3 is 2.79 bits per heavy atom. The molecular weight excluding hydrogens is 381 g/mol. The summed E-state index contributed by atoms with van der Waals surface area (Å²) < 4.78 is 14.2. The molecular formula is C20H13ClFN5O. The molecule has 0 spiro atoms. The number of aromatic amines is 1. The van der Waals surface area contributed by atoms with E-state index in [4.69, 9.17) is 17.3 Å². The lowest BCUT2D eigenvalue weighted by molar-refractivity contribution is 0.0995. The van der Waals surface area contributed by atoms with E-state index >= 15 is 0 Å². The van der Waals surface area contributed by atoms with Crippen LogP contribution < -0.4 is 11.1 Å². The van der Waals surface area contributed by atoms with Crippen LogP contribution in [0.4, 0.5) is 10.1 Å². The van der Waals surface area contributed by atoms with Gasteiger partial charge in [-0.2, -0.15) is 0 Å². The van der Waals surface area contributed by atoms with Gasteiger partial charge in [-0.3, -0.25) is 4.79 Å². The van der Waals surface area contributed by atoms with Crippen LogP contribution in [-0.4, -0.2) is 21.1 Å². The standard InChI is InChI=1S/C20H13ClFN5O/c21-12-6-5-9(7-13(12)22)17-11-8-24-20-16(11)15(18(19(23)28)26-27-20)10-3-1-2-4-14(10)25-17/h1-8,17,25H,(H2,23,28)(H,24,27). The summed E-state index contributed by atoms with van der Waals surface area (Å²) in [5.41, 5.74) is 9.83. The number of halogens is 2. The van der Waals surface area contributed by atoms with Gasteiger partial charge < -0.3 is 16.0 Å². The van der Waals surface area contributed by atoms with Crippen molar-refractivity contribution in [3.63, 3.8) is 0 Å². The monoisotopic (exact) mass is 393 g/mol. The topological polar surface area (TPSA) is 96.7 Å². The summed E-state index contributed by atoms with van der Waals surface area (Å²) in [5, 5.41) is 12.4. The lowest BCUT2D eigenvalue weighted by Gasteiger charge is -2.19. The van der Waals surface area contributed by atoms with Crippen molar-refractivity contribution >= 4 is 34.2 Å². The molecule has 0 aliphatic carbocycles. The lowest BCUT2D eigenvalue weighted by Crippen LogP contribution is -2.15. The minimum atomic E-state index is -0.664. The Balaban J connectivity index is 1.88. The Hall–Kier alpha value is -3.45. The number of aromatic nitrogens is 3. The van der Waals surface area contributed by atoms with Gasteiger partial charge in [-0.05, 0) is 23.8 Å². The third-order valence-electron chi connectivity index (χ3n) is 4.94. The second kappa shape index (κ2) is 6.03.